The molecule has 2 N–H and O–H groups in total. The van der Waals surface area contributed by atoms with Crippen LogP contribution in [0.4, 0.5) is 11.8 Å². The molecule has 1 aromatic carbocycles. The van der Waals surface area contributed by atoms with Gasteiger partial charge in [-0.15, -0.1) is 0 Å². The van der Waals surface area contributed by atoms with E-state index >= 15 is 0 Å². The molecule has 3 aromatic rings. The molecule has 0 radical (unpaired) electrons. The molecule has 0 aliphatic carbocycles. The van der Waals surface area contributed by atoms with Crippen molar-refractivity contribution in [1.29, 1.82) is 0 Å². The van der Waals surface area contributed by atoms with Crippen LogP contribution in [0.25, 0.3) is 11.0 Å². The van der Waals surface area contributed by atoms with E-state index in [0.717, 1.165) is 48.5 Å². The van der Waals surface area contributed by atoms with Gasteiger partial charge in [-0.05, 0) is 43.5 Å². The van der Waals surface area contributed by atoms with Crippen molar-refractivity contribution in [2.24, 2.45) is 5.92 Å². The third-order valence-electron chi connectivity index (χ3n) is 4.70. The lowest BCUT2D eigenvalue weighted by Crippen LogP contribution is -2.38. The fourth-order valence-corrected chi connectivity index (χ4v) is 3.21. The van der Waals surface area contributed by atoms with Gasteiger partial charge < -0.3 is 15.2 Å². The van der Waals surface area contributed by atoms with Crippen LogP contribution in [0.15, 0.2) is 42.6 Å². The number of aromatic amines is 1. The summed E-state index contributed by atoms with van der Waals surface area (Å²) in [6, 6.07) is 11.8. The quantitative estimate of drug-likeness (QED) is 0.771. The molecule has 0 unspecified atom stereocenters. The van der Waals surface area contributed by atoms with Gasteiger partial charge in [-0.25, -0.2) is 9.97 Å². The number of aryl methyl sites for hydroxylation is 1. The average molecular weight is 335 g/mol. The first-order chi connectivity index (χ1) is 12.2. The first kappa shape index (κ1) is 15.6. The van der Waals surface area contributed by atoms with E-state index in [1.165, 1.54) is 0 Å². The largest absolute Gasteiger partial charge is 0.342 e. The number of nitrogens with zero attached hydrogens (tertiary/aromatic N) is 3. The topological polar surface area (TPSA) is 73.9 Å². The van der Waals surface area contributed by atoms with Crippen molar-refractivity contribution < 1.29 is 4.79 Å². The van der Waals surface area contributed by atoms with Crippen LogP contribution in [0.3, 0.4) is 0 Å². The fourth-order valence-electron chi connectivity index (χ4n) is 3.21. The van der Waals surface area contributed by atoms with E-state index < -0.39 is 0 Å². The summed E-state index contributed by atoms with van der Waals surface area (Å²) in [5.74, 6) is 1.58. The zero-order valence-corrected chi connectivity index (χ0v) is 14.2. The minimum Gasteiger partial charge on any atom is -0.342 e. The number of benzene rings is 1. The Bertz CT molecular complexity index is 845. The normalized spacial score (nSPS) is 15.5. The van der Waals surface area contributed by atoms with Crippen LogP contribution in [0.2, 0.25) is 0 Å². The van der Waals surface area contributed by atoms with Gasteiger partial charge in [0.25, 0.3) is 0 Å². The van der Waals surface area contributed by atoms with E-state index in [1.54, 1.807) is 6.20 Å². The number of para-hydroxylation sites is 2. The average Bonchev–Trinajstić information content (AvgIpc) is 3.08. The number of imidazole rings is 1. The van der Waals surface area contributed by atoms with Gasteiger partial charge >= 0.3 is 0 Å². The van der Waals surface area contributed by atoms with Crippen LogP contribution < -0.4 is 10.2 Å². The highest BCUT2D eigenvalue weighted by atomic mass is 16.1. The predicted molar refractivity (Wildman–Crippen MR) is 98.6 cm³/mol. The maximum Gasteiger partial charge on any atom is 0.228 e. The first-order valence-corrected chi connectivity index (χ1v) is 8.62. The van der Waals surface area contributed by atoms with E-state index in [1.807, 2.05) is 43.3 Å². The number of carbonyl (C=O) groups is 1. The molecule has 0 bridgehead atoms. The molecular formula is C19H21N5O. The Morgan fingerprint density at radius 1 is 1.20 bits per heavy atom. The molecule has 1 fully saturated rings. The van der Waals surface area contributed by atoms with Crippen LogP contribution in [0, 0.1) is 12.8 Å². The smallest absolute Gasteiger partial charge is 0.228 e. The molecule has 4 rings (SSSR count). The predicted octanol–water partition coefficient (Wildman–Crippen LogP) is 3.12. The number of anilines is 2. The number of H-pyrrole nitrogens is 1. The Labute approximate surface area is 146 Å². The van der Waals surface area contributed by atoms with Gasteiger partial charge in [-0.2, -0.15) is 0 Å². The van der Waals surface area contributed by atoms with Crippen molar-refractivity contribution in [3.63, 3.8) is 0 Å². The summed E-state index contributed by atoms with van der Waals surface area (Å²) in [6.45, 7) is 3.62. The van der Waals surface area contributed by atoms with Crippen molar-refractivity contribution >= 4 is 28.7 Å². The number of hydrogen-bond donors (Lipinski definition) is 2. The van der Waals surface area contributed by atoms with E-state index in [-0.39, 0.29) is 11.8 Å². The summed E-state index contributed by atoms with van der Waals surface area (Å²) in [6.07, 6.45) is 3.39. The lowest BCUT2D eigenvalue weighted by Gasteiger charge is -2.30. The highest BCUT2D eigenvalue weighted by Gasteiger charge is 2.26. The van der Waals surface area contributed by atoms with Gasteiger partial charge in [-0.1, -0.05) is 18.2 Å². The van der Waals surface area contributed by atoms with Crippen molar-refractivity contribution in [3.8, 4) is 0 Å². The number of hydrogen-bond acceptors (Lipinski definition) is 4. The molecule has 2 aromatic heterocycles. The Kier molecular flexibility index (Phi) is 4.09. The minimum atomic E-state index is 0.0173. The Balaban J connectivity index is 1.37. The number of aromatic nitrogens is 3. The highest BCUT2D eigenvalue weighted by Crippen LogP contribution is 2.24. The van der Waals surface area contributed by atoms with Crippen LogP contribution in [0.5, 0.6) is 0 Å². The lowest BCUT2D eigenvalue weighted by atomic mass is 9.96. The molecule has 0 atom stereocenters. The summed E-state index contributed by atoms with van der Waals surface area (Å²) >= 11 is 0. The molecule has 1 amide bonds. The second-order valence-electron chi connectivity index (χ2n) is 6.55. The van der Waals surface area contributed by atoms with E-state index in [9.17, 15) is 4.79 Å². The van der Waals surface area contributed by atoms with Gasteiger partial charge in [0.1, 0.15) is 5.82 Å². The van der Waals surface area contributed by atoms with Gasteiger partial charge in [0.15, 0.2) is 0 Å². The van der Waals surface area contributed by atoms with Crippen molar-refractivity contribution in [3.05, 3.63) is 48.2 Å². The number of piperidine rings is 1. The standard InChI is InChI=1S/C19H21N5O/c1-13-6-7-17(20-12-13)23-18(25)14-8-10-24(11-9-14)19-21-15-4-2-3-5-16(15)22-19/h2-7,12,14H,8-11H2,1H3,(H,21,22)(H,20,23,25). The third-order valence-corrected chi connectivity index (χ3v) is 4.70. The monoisotopic (exact) mass is 335 g/mol. The second kappa shape index (κ2) is 6.55. The number of amides is 1. The highest BCUT2D eigenvalue weighted by molar-refractivity contribution is 5.91. The molecule has 0 spiro atoms. The number of fused-ring (bicyclic) bond motifs is 1. The van der Waals surface area contributed by atoms with Gasteiger partial charge in [0.05, 0.1) is 11.0 Å². The van der Waals surface area contributed by atoms with Gasteiger partial charge in [-0.3, -0.25) is 4.79 Å². The van der Waals surface area contributed by atoms with Gasteiger partial charge in [0.2, 0.25) is 11.9 Å². The fraction of sp³-hybridized carbons (Fsp3) is 0.316. The summed E-state index contributed by atoms with van der Waals surface area (Å²) < 4.78 is 0. The molecule has 1 aliphatic heterocycles. The third kappa shape index (κ3) is 3.33. The van der Waals surface area contributed by atoms with E-state index in [0.29, 0.717) is 5.82 Å². The zero-order valence-electron chi connectivity index (χ0n) is 14.2. The maximum absolute atomic E-state index is 12.4. The molecule has 1 aliphatic rings. The SMILES string of the molecule is Cc1ccc(NC(=O)C2CCN(c3nc4ccccc4[nH]3)CC2)nc1. The van der Waals surface area contributed by atoms with E-state index in [4.69, 9.17) is 0 Å². The van der Waals surface area contributed by atoms with Crippen molar-refractivity contribution in [1.82, 2.24) is 15.0 Å². The molecule has 0 saturated carbocycles. The van der Waals surface area contributed by atoms with Crippen LogP contribution in [-0.2, 0) is 4.79 Å². The maximum atomic E-state index is 12.4. The lowest BCUT2D eigenvalue weighted by molar-refractivity contribution is -0.120. The van der Waals surface area contributed by atoms with Crippen LogP contribution in [-0.4, -0.2) is 33.9 Å². The summed E-state index contributed by atoms with van der Waals surface area (Å²) in [5, 5.41) is 2.92. The molecule has 25 heavy (non-hydrogen) atoms. The Morgan fingerprint density at radius 3 is 2.72 bits per heavy atom. The zero-order chi connectivity index (χ0) is 17.2. The molecular weight excluding hydrogens is 314 g/mol. The molecule has 6 nitrogen and oxygen atoms in total. The molecule has 1 saturated heterocycles. The minimum absolute atomic E-state index is 0.0173. The Morgan fingerprint density at radius 2 is 2.00 bits per heavy atom. The van der Waals surface area contributed by atoms with Gasteiger partial charge in [0, 0.05) is 25.2 Å². The van der Waals surface area contributed by atoms with Crippen molar-refractivity contribution in [2.75, 3.05) is 23.3 Å². The van der Waals surface area contributed by atoms with Crippen LogP contribution in [0.1, 0.15) is 18.4 Å². The van der Waals surface area contributed by atoms with E-state index in [2.05, 4.69) is 25.2 Å². The van der Waals surface area contributed by atoms with Crippen LogP contribution >= 0.6 is 0 Å². The second-order valence-corrected chi connectivity index (χ2v) is 6.55. The number of pyridine rings is 1. The summed E-state index contributed by atoms with van der Waals surface area (Å²) in [7, 11) is 0. The molecule has 3 heterocycles. The summed E-state index contributed by atoms with van der Waals surface area (Å²) in [4.78, 5) is 26.9. The number of rotatable bonds is 3. The molecule has 6 heteroatoms. The first-order valence-electron chi connectivity index (χ1n) is 8.62. The molecule has 128 valence electrons. The van der Waals surface area contributed by atoms with Crippen molar-refractivity contribution in [2.45, 2.75) is 19.8 Å². The summed E-state index contributed by atoms with van der Waals surface area (Å²) in [5.41, 5.74) is 3.10. The Hall–Kier alpha value is -2.89. The number of nitrogens with one attached hydrogen (secondary N) is 2. The number of carbonyl (C=O) groups excluding carboxylic acids is 1.